The van der Waals surface area contributed by atoms with Crippen LogP contribution >= 0.6 is 35.0 Å². The molecule has 46 heavy (non-hydrogen) atoms. The molecule has 0 fully saturated rings. The van der Waals surface area contributed by atoms with E-state index in [-0.39, 0.29) is 11.6 Å². The lowest BCUT2D eigenvalue weighted by Gasteiger charge is -2.18. The maximum Gasteiger partial charge on any atom is 0.272 e. The maximum atomic E-state index is 13.5. The van der Waals surface area contributed by atoms with Gasteiger partial charge in [0.2, 0.25) is 5.91 Å². The van der Waals surface area contributed by atoms with Crippen molar-refractivity contribution < 1.29 is 14.4 Å². The Bertz CT molecular complexity index is 1880. The predicted octanol–water partition coefficient (Wildman–Crippen LogP) is 9.18. The number of benzene rings is 5. The van der Waals surface area contributed by atoms with Crippen LogP contribution in [0.15, 0.2) is 138 Å². The lowest BCUT2D eigenvalue weighted by atomic mass is 10.1. The first-order chi connectivity index (χ1) is 22.2. The van der Waals surface area contributed by atoms with Crippen LogP contribution in [0.2, 0.25) is 10.0 Å². The van der Waals surface area contributed by atoms with E-state index in [1.807, 2.05) is 67.6 Å². The van der Waals surface area contributed by atoms with Crippen LogP contribution in [0.25, 0.3) is 6.08 Å². The highest BCUT2D eigenvalue weighted by molar-refractivity contribution is 8.00. The van der Waals surface area contributed by atoms with Gasteiger partial charge < -0.3 is 16.0 Å². The van der Waals surface area contributed by atoms with Gasteiger partial charge in [0.15, 0.2) is 0 Å². The molecule has 0 saturated carbocycles. The number of nitrogens with one attached hydrogen (secondary N) is 3. The number of anilines is 2. The lowest BCUT2D eigenvalue weighted by molar-refractivity contribution is -0.116. The summed E-state index contributed by atoms with van der Waals surface area (Å²) in [5, 5.41) is 9.08. The van der Waals surface area contributed by atoms with Gasteiger partial charge in [0, 0.05) is 31.9 Å². The van der Waals surface area contributed by atoms with Gasteiger partial charge in [-0.15, -0.1) is 11.8 Å². The molecule has 5 aromatic rings. The summed E-state index contributed by atoms with van der Waals surface area (Å²) >= 11 is 13.8. The highest BCUT2D eigenvalue weighted by Gasteiger charge is 2.23. The number of aryl methyl sites for hydroxylation is 1. The first-order valence-corrected chi connectivity index (χ1v) is 15.9. The van der Waals surface area contributed by atoms with E-state index < -0.39 is 17.1 Å². The summed E-state index contributed by atoms with van der Waals surface area (Å²) in [4.78, 5) is 40.7. The van der Waals surface area contributed by atoms with Crippen LogP contribution in [0.3, 0.4) is 0 Å². The van der Waals surface area contributed by atoms with E-state index in [1.165, 1.54) is 11.8 Å². The van der Waals surface area contributed by atoms with E-state index in [0.717, 1.165) is 16.0 Å². The minimum atomic E-state index is -0.554. The number of thioether (sulfide) groups is 1. The van der Waals surface area contributed by atoms with Gasteiger partial charge in [-0.3, -0.25) is 14.4 Å². The average Bonchev–Trinajstić information content (AvgIpc) is 3.06. The number of rotatable bonds is 10. The first kappa shape index (κ1) is 32.6. The lowest BCUT2D eigenvalue weighted by Crippen LogP contribution is -2.30. The monoisotopic (exact) mass is 665 g/mol. The Morgan fingerprint density at radius 3 is 2.07 bits per heavy atom. The summed E-state index contributed by atoms with van der Waals surface area (Å²) < 4.78 is 0. The summed E-state index contributed by atoms with van der Waals surface area (Å²) in [6.07, 6.45) is 1.57. The van der Waals surface area contributed by atoms with Gasteiger partial charge in [0.1, 0.15) is 10.9 Å². The van der Waals surface area contributed by atoms with Crippen molar-refractivity contribution >= 4 is 70.1 Å². The second kappa shape index (κ2) is 15.5. The first-order valence-electron chi connectivity index (χ1n) is 14.3. The van der Waals surface area contributed by atoms with Crippen LogP contribution in [0.4, 0.5) is 11.4 Å². The Hall–Kier alpha value is -4.82. The van der Waals surface area contributed by atoms with Crippen LogP contribution in [0.1, 0.15) is 32.3 Å². The zero-order valence-electron chi connectivity index (χ0n) is 24.7. The zero-order chi connectivity index (χ0) is 32.5. The number of hydrogen-bond donors (Lipinski definition) is 3. The molecule has 0 bridgehead atoms. The molecule has 0 aliphatic carbocycles. The van der Waals surface area contributed by atoms with E-state index in [2.05, 4.69) is 16.0 Å². The molecule has 1 unspecified atom stereocenters. The van der Waals surface area contributed by atoms with E-state index >= 15 is 0 Å². The van der Waals surface area contributed by atoms with E-state index in [9.17, 15) is 14.4 Å². The Kier molecular flexibility index (Phi) is 10.9. The topological polar surface area (TPSA) is 87.3 Å². The van der Waals surface area contributed by atoms with Crippen molar-refractivity contribution in [3.63, 3.8) is 0 Å². The van der Waals surface area contributed by atoms with Crippen LogP contribution in [0.5, 0.6) is 0 Å². The average molecular weight is 667 g/mol. The Morgan fingerprint density at radius 1 is 0.717 bits per heavy atom. The molecular weight excluding hydrogens is 637 g/mol. The predicted molar refractivity (Wildman–Crippen MR) is 188 cm³/mol. The van der Waals surface area contributed by atoms with Crippen molar-refractivity contribution in [2.75, 3.05) is 10.6 Å². The zero-order valence-corrected chi connectivity index (χ0v) is 27.0. The molecule has 6 nitrogen and oxygen atoms in total. The third kappa shape index (κ3) is 8.88. The van der Waals surface area contributed by atoms with Gasteiger partial charge in [-0.05, 0) is 90.4 Å². The molecule has 230 valence electrons. The highest BCUT2D eigenvalue weighted by atomic mass is 35.5. The van der Waals surface area contributed by atoms with E-state index in [0.29, 0.717) is 32.5 Å². The number of amides is 3. The number of halogens is 2. The third-order valence-electron chi connectivity index (χ3n) is 6.83. The Balaban J connectivity index is 1.33. The van der Waals surface area contributed by atoms with Crippen molar-refractivity contribution in [3.8, 4) is 0 Å². The van der Waals surface area contributed by atoms with Crippen LogP contribution in [-0.2, 0) is 9.59 Å². The fourth-order valence-electron chi connectivity index (χ4n) is 4.44. The van der Waals surface area contributed by atoms with Crippen LogP contribution < -0.4 is 16.0 Å². The maximum absolute atomic E-state index is 13.5. The Labute approximate surface area is 281 Å². The number of carbonyl (C=O) groups is 3. The van der Waals surface area contributed by atoms with Gasteiger partial charge in [-0.25, -0.2) is 0 Å². The van der Waals surface area contributed by atoms with Crippen molar-refractivity contribution in [2.45, 2.75) is 17.1 Å². The van der Waals surface area contributed by atoms with Gasteiger partial charge >= 0.3 is 0 Å². The van der Waals surface area contributed by atoms with E-state index in [1.54, 1.807) is 72.8 Å². The summed E-state index contributed by atoms with van der Waals surface area (Å²) in [6.45, 7) is 1.90. The standard InChI is InChI=1S/C37H29Cl2N3O3S/c1-24-15-16-30(23-32(24)39)41-37(45)34(26-10-4-2-5-11-26)46-31-19-17-29(18-20-31)40-36(44)33(22-25-9-8-14-28(38)21-25)42-35(43)27-12-6-3-7-13-27/h2-23,34H,1H3,(H,40,44)(H,41,45)(H,42,43)/b33-22-. The largest absolute Gasteiger partial charge is 0.325 e. The van der Waals surface area contributed by atoms with Gasteiger partial charge in [-0.1, -0.05) is 89.9 Å². The molecule has 0 aliphatic heterocycles. The van der Waals surface area contributed by atoms with Crippen molar-refractivity contribution in [2.24, 2.45) is 0 Å². The summed E-state index contributed by atoms with van der Waals surface area (Å²) in [5.74, 6) is -1.13. The van der Waals surface area contributed by atoms with Gasteiger partial charge in [0.25, 0.3) is 11.8 Å². The normalized spacial score (nSPS) is 11.8. The van der Waals surface area contributed by atoms with Crippen LogP contribution in [-0.4, -0.2) is 17.7 Å². The minimum Gasteiger partial charge on any atom is -0.325 e. The van der Waals surface area contributed by atoms with Crippen molar-refractivity contribution in [1.82, 2.24) is 5.32 Å². The number of carbonyl (C=O) groups excluding carboxylic acids is 3. The number of hydrogen-bond acceptors (Lipinski definition) is 4. The molecule has 9 heteroatoms. The SMILES string of the molecule is Cc1ccc(NC(=O)C(Sc2ccc(NC(=O)/C(=C/c3cccc(Cl)c3)NC(=O)c3ccccc3)cc2)c2ccccc2)cc1Cl. The fourth-order valence-corrected chi connectivity index (χ4v) is 5.84. The molecule has 0 spiro atoms. The molecule has 5 rings (SSSR count). The smallest absolute Gasteiger partial charge is 0.272 e. The molecule has 3 amide bonds. The van der Waals surface area contributed by atoms with Gasteiger partial charge in [-0.2, -0.15) is 0 Å². The van der Waals surface area contributed by atoms with Crippen LogP contribution in [0, 0.1) is 6.92 Å². The molecule has 0 aromatic heterocycles. The third-order valence-corrected chi connectivity index (χ3v) is 8.74. The van der Waals surface area contributed by atoms with Crippen molar-refractivity contribution in [1.29, 1.82) is 0 Å². The summed E-state index contributed by atoms with van der Waals surface area (Å²) in [7, 11) is 0. The Morgan fingerprint density at radius 2 is 1.39 bits per heavy atom. The minimum absolute atomic E-state index is 0.0478. The fraction of sp³-hybridized carbons (Fsp3) is 0.0541. The second-order valence-corrected chi connectivity index (χ2v) is 12.3. The molecule has 3 N–H and O–H groups in total. The van der Waals surface area contributed by atoms with Crippen molar-refractivity contribution in [3.05, 3.63) is 165 Å². The molecule has 0 radical (unpaired) electrons. The second-order valence-electron chi connectivity index (χ2n) is 10.3. The molecule has 0 aliphatic rings. The molecule has 0 heterocycles. The molecule has 0 saturated heterocycles. The summed E-state index contributed by atoms with van der Waals surface area (Å²) in [5.41, 5.74) is 3.99. The van der Waals surface area contributed by atoms with Gasteiger partial charge in [0.05, 0.1) is 0 Å². The molecule has 1 atom stereocenters. The molecule has 5 aromatic carbocycles. The quantitative estimate of drug-likeness (QED) is 0.103. The van der Waals surface area contributed by atoms with E-state index in [4.69, 9.17) is 23.2 Å². The summed E-state index contributed by atoms with van der Waals surface area (Å²) in [6, 6.07) is 37.7. The molecular formula is C37H29Cl2N3O3S. The highest BCUT2D eigenvalue weighted by Crippen LogP contribution is 2.37.